The number of likely N-dealkylation sites (N-methyl/N-ethyl adjacent to an activating group) is 2. The molecule has 22 heavy (non-hydrogen) atoms. The summed E-state index contributed by atoms with van der Waals surface area (Å²) in [5.41, 5.74) is -0.270. The van der Waals surface area contributed by atoms with Crippen LogP contribution in [0.3, 0.4) is 0 Å². The number of sulfonamides is 1. The fourth-order valence-electron chi connectivity index (χ4n) is 3.00. The zero-order valence-corrected chi connectivity index (χ0v) is 14.1. The van der Waals surface area contributed by atoms with E-state index in [4.69, 9.17) is 4.42 Å². The number of piperidine rings is 1. The first-order valence-electron chi connectivity index (χ1n) is 7.16. The van der Waals surface area contributed by atoms with Gasteiger partial charge in [-0.25, -0.2) is 13.2 Å². The van der Waals surface area contributed by atoms with Crippen LogP contribution in [0.2, 0.25) is 0 Å². The number of likely N-dealkylation sites (tertiary alicyclic amines) is 1. The van der Waals surface area contributed by atoms with Crippen LogP contribution in [-0.2, 0) is 10.0 Å². The van der Waals surface area contributed by atoms with Gasteiger partial charge in [0.15, 0.2) is 0 Å². The minimum absolute atomic E-state index is 0.109. The molecule has 1 aliphatic rings. The molecule has 2 rings (SSSR count). The first-order chi connectivity index (χ1) is 10.2. The summed E-state index contributed by atoms with van der Waals surface area (Å²) < 4.78 is 32.3. The number of aromatic carboxylic acids is 1. The van der Waals surface area contributed by atoms with Crippen LogP contribution in [0.1, 0.15) is 34.7 Å². The highest BCUT2D eigenvalue weighted by molar-refractivity contribution is 7.89. The zero-order chi connectivity index (χ0) is 16.7. The van der Waals surface area contributed by atoms with E-state index in [-0.39, 0.29) is 28.0 Å². The van der Waals surface area contributed by atoms with Crippen molar-refractivity contribution >= 4 is 16.0 Å². The molecule has 1 fully saturated rings. The fraction of sp³-hybridized carbons (Fsp3) is 0.643. The molecule has 0 radical (unpaired) electrons. The first kappa shape index (κ1) is 17.0. The first-order valence-corrected chi connectivity index (χ1v) is 8.60. The summed E-state index contributed by atoms with van der Waals surface area (Å²) in [4.78, 5) is 13.2. The molecule has 0 bridgehead atoms. The topological polar surface area (TPSA) is 91.1 Å². The molecule has 124 valence electrons. The third-order valence-corrected chi connectivity index (χ3v) is 6.23. The summed E-state index contributed by atoms with van der Waals surface area (Å²) in [7, 11) is -0.462. The number of nitrogens with zero attached hydrogens (tertiary/aromatic N) is 2. The van der Waals surface area contributed by atoms with Crippen molar-refractivity contribution in [1.82, 2.24) is 9.21 Å². The standard InChI is InChI=1S/C14H22N2O5S/c1-9-12(14(17)18)13(10(2)21-9)22(19,20)16(4)11-6-5-7-15(3)8-11/h11H,5-8H2,1-4H3,(H,17,18). The van der Waals surface area contributed by atoms with Crippen molar-refractivity contribution in [3.05, 3.63) is 17.1 Å². The van der Waals surface area contributed by atoms with Crippen molar-refractivity contribution < 1.29 is 22.7 Å². The number of hydrogen-bond donors (Lipinski definition) is 1. The molecule has 1 saturated heterocycles. The molecule has 1 atom stereocenters. The predicted octanol–water partition coefficient (Wildman–Crippen LogP) is 1.31. The lowest BCUT2D eigenvalue weighted by Gasteiger charge is -2.35. The number of carbonyl (C=O) groups is 1. The van der Waals surface area contributed by atoms with Gasteiger partial charge in [-0.1, -0.05) is 0 Å². The lowest BCUT2D eigenvalue weighted by molar-refractivity contribution is 0.0691. The lowest BCUT2D eigenvalue weighted by atomic mass is 10.1. The normalized spacial score (nSPS) is 20.5. The number of rotatable bonds is 4. The molecule has 7 nitrogen and oxygen atoms in total. The van der Waals surface area contributed by atoms with Crippen LogP contribution in [0, 0.1) is 13.8 Å². The monoisotopic (exact) mass is 330 g/mol. The summed E-state index contributed by atoms with van der Waals surface area (Å²) in [5, 5.41) is 9.31. The molecule has 0 amide bonds. The van der Waals surface area contributed by atoms with E-state index in [0.29, 0.717) is 6.54 Å². The molecule has 1 N–H and O–H groups in total. The Hall–Kier alpha value is -1.38. The zero-order valence-electron chi connectivity index (χ0n) is 13.3. The summed E-state index contributed by atoms with van der Waals surface area (Å²) in [5.74, 6) is -1.06. The summed E-state index contributed by atoms with van der Waals surface area (Å²) >= 11 is 0. The minimum Gasteiger partial charge on any atom is -0.478 e. The van der Waals surface area contributed by atoms with Crippen molar-refractivity contribution in [3.63, 3.8) is 0 Å². The Bertz CT molecular complexity index is 680. The van der Waals surface area contributed by atoms with Crippen LogP contribution in [0.4, 0.5) is 0 Å². The van der Waals surface area contributed by atoms with Crippen LogP contribution in [0.15, 0.2) is 9.31 Å². The number of hydrogen-bond acceptors (Lipinski definition) is 5. The van der Waals surface area contributed by atoms with E-state index in [1.54, 1.807) is 0 Å². The molecule has 0 aromatic carbocycles. The van der Waals surface area contributed by atoms with Gasteiger partial charge in [-0.2, -0.15) is 4.31 Å². The van der Waals surface area contributed by atoms with Gasteiger partial charge in [-0.05, 0) is 40.3 Å². The van der Waals surface area contributed by atoms with Crippen molar-refractivity contribution in [1.29, 1.82) is 0 Å². The van der Waals surface area contributed by atoms with Gasteiger partial charge in [-0.3, -0.25) is 0 Å². The van der Waals surface area contributed by atoms with Crippen molar-refractivity contribution in [2.45, 2.75) is 37.6 Å². The molecular formula is C14H22N2O5S. The van der Waals surface area contributed by atoms with Gasteiger partial charge in [0.1, 0.15) is 22.0 Å². The molecule has 0 aliphatic carbocycles. The minimum atomic E-state index is -3.92. The van der Waals surface area contributed by atoms with Gasteiger partial charge < -0.3 is 14.4 Å². The Labute approximate surface area is 130 Å². The third-order valence-electron chi connectivity index (χ3n) is 4.17. The Balaban J connectivity index is 2.44. The number of aryl methyl sites for hydroxylation is 2. The van der Waals surface area contributed by atoms with Gasteiger partial charge in [0.25, 0.3) is 0 Å². The van der Waals surface area contributed by atoms with E-state index in [0.717, 1.165) is 19.4 Å². The second-order valence-corrected chi connectivity index (χ2v) is 7.74. The van der Waals surface area contributed by atoms with Crippen LogP contribution in [0.5, 0.6) is 0 Å². The summed E-state index contributed by atoms with van der Waals surface area (Å²) in [6, 6.07) is -0.167. The van der Waals surface area contributed by atoms with Crippen LogP contribution >= 0.6 is 0 Å². The molecule has 1 aromatic heterocycles. The average Bonchev–Trinajstić information content (AvgIpc) is 2.73. The maximum Gasteiger partial charge on any atom is 0.340 e. The number of furan rings is 1. The molecule has 1 aromatic rings. The number of carboxylic acids is 1. The Morgan fingerprint density at radius 3 is 2.55 bits per heavy atom. The van der Waals surface area contributed by atoms with Crippen molar-refractivity contribution in [3.8, 4) is 0 Å². The quantitative estimate of drug-likeness (QED) is 0.895. The van der Waals surface area contributed by atoms with Gasteiger partial charge in [0.05, 0.1) is 0 Å². The molecule has 2 heterocycles. The van der Waals surface area contributed by atoms with E-state index >= 15 is 0 Å². The third kappa shape index (κ3) is 2.90. The van der Waals surface area contributed by atoms with Crippen molar-refractivity contribution in [2.24, 2.45) is 0 Å². The summed E-state index contributed by atoms with van der Waals surface area (Å²) in [6.07, 6.45) is 1.68. The Kier molecular flexibility index (Phi) is 4.65. The lowest BCUT2D eigenvalue weighted by Crippen LogP contribution is -2.47. The molecule has 0 saturated carbocycles. The van der Waals surface area contributed by atoms with Crippen LogP contribution < -0.4 is 0 Å². The number of carboxylic acid groups (broad SMARTS) is 1. The maximum absolute atomic E-state index is 12.9. The van der Waals surface area contributed by atoms with E-state index in [1.807, 2.05) is 7.05 Å². The Morgan fingerprint density at radius 1 is 1.36 bits per heavy atom. The highest BCUT2D eigenvalue weighted by atomic mass is 32.2. The largest absolute Gasteiger partial charge is 0.478 e. The maximum atomic E-state index is 12.9. The average molecular weight is 330 g/mol. The molecular weight excluding hydrogens is 308 g/mol. The highest BCUT2D eigenvalue weighted by Crippen LogP contribution is 2.30. The highest BCUT2D eigenvalue weighted by Gasteiger charge is 2.37. The van der Waals surface area contributed by atoms with Gasteiger partial charge >= 0.3 is 5.97 Å². The SMILES string of the molecule is Cc1oc(C)c(S(=O)(=O)N(C)C2CCCN(C)C2)c1C(=O)O. The van der Waals surface area contributed by atoms with E-state index in [1.165, 1.54) is 25.2 Å². The van der Waals surface area contributed by atoms with Crippen LogP contribution in [-0.4, -0.2) is 61.9 Å². The fourth-order valence-corrected chi connectivity index (χ4v) is 4.74. The van der Waals surface area contributed by atoms with E-state index < -0.39 is 16.0 Å². The predicted molar refractivity (Wildman–Crippen MR) is 80.6 cm³/mol. The Morgan fingerprint density at radius 2 is 2.00 bits per heavy atom. The smallest absolute Gasteiger partial charge is 0.340 e. The van der Waals surface area contributed by atoms with Crippen molar-refractivity contribution in [2.75, 3.05) is 27.2 Å². The van der Waals surface area contributed by atoms with Gasteiger partial charge in [0, 0.05) is 19.6 Å². The molecule has 1 unspecified atom stereocenters. The van der Waals surface area contributed by atoms with E-state index in [9.17, 15) is 18.3 Å². The summed E-state index contributed by atoms with van der Waals surface area (Å²) in [6.45, 7) is 4.51. The second kappa shape index (κ2) is 6.02. The molecule has 8 heteroatoms. The molecule has 1 aliphatic heterocycles. The van der Waals surface area contributed by atoms with Gasteiger partial charge in [0.2, 0.25) is 10.0 Å². The van der Waals surface area contributed by atoms with Gasteiger partial charge in [-0.15, -0.1) is 0 Å². The van der Waals surface area contributed by atoms with E-state index in [2.05, 4.69) is 4.90 Å². The van der Waals surface area contributed by atoms with Crippen LogP contribution in [0.25, 0.3) is 0 Å². The second-order valence-electron chi connectivity index (χ2n) is 5.80. The molecule has 0 spiro atoms.